The summed E-state index contributed by atoms with van der Waals surface area (Å²) in [5, 5.41) is 0. The van der Waals surface area contributed by atoms with Crippen LogP contribution in [0.2, 0.25) is 0 Å². The maximum absolute atomic E-state index is 5.75. The van der Waals surface area contributed by atoms with Gasteiger partial charge in [0.25, 0.3) is 0 Å². The second-order valence-corrected chi connectivity index (χ2v) is 2.66. The van der Waals surface area contributed by atoms with Crippen molar-refractivity contribution in [3.05, 3.63) is 42.7 Å². The molecule has 0 unspecified atom stereocenters. The van der Waals surface area contributed by atoms with E-state index in [0.29, 0.717) is 5.69 Å². The third-order valence-electron chi connectivity index (χ3n) is 1.75. The molecule has 0 aromatic carbocycles. The van der Waals surface area contributed by atoms with Crippen LogP contribution < -0.4 is 5.73 Å². The van der Waals surface area contributed by atoms with Crippen LogP contribution in [-0.4, -0.2) is 9.97 Å². The van der Waals surface area contributed by atoms with E-state index >= 15 is 0 Å². The SMILES string of the molecule is Nc1cccnc1-c1ccccn1.[Fe]. The molecule has 14 heavy (non-hydrogen) atoms. The van der Waals surface area contributed by atoms with Gasteiger partial charge in [0.1, 0.15) is 5.69 Å². The van der Waals surface area contributed by atoms with Gasteiger partial charge in [0.2, 0.25) is 0 Å². The molecule has 2 N–H and O–H groups in total. The fraction of sp³-hybridized carbons (Fsp3) is 0. The molecule has 0 aliphatic heterocycles. The van der Waals surface area contributed by atoms with Crippen molar-refractivity contribution < 1.29 is 17.1 Å². The van der Waals surface area contributed by atoms with E-state index in [9.17, 15) is 0 Å². The van der Waals surface area contributed by atoms with Gasteiger partial charge < -0.3 is 5.73 Å². The maximum atomic E-state index is 5.75. The average Bonchev–Trinajstić information content (AvgIpc) is 2.20. The third kappa shape index (κ3) is 2.10. The number of nitrogens with zero attached hydrogens (tertiary/aromatic N) is 2. The molecule has 0 saturated carbocycles. The predicted molar refractivity (Wildman–Crippen MR) is 51.9 cm³/mol. The molecular weight excluding hydrogens is 218 g/mol. The zero-order chi connectivity index (χ0) is 9.10. The Bertz CT molecular complexity index is 403. The third-order valence-corrected chi connectivity index (χ3v) is 1.75. The van der Waals surface area contributed by atoms with Crippen LogP contribution in [0.15, 0.2) is 42.7 Å². The van der Waals surface area contributed by atoms with Crippen molar-refractivity contribution in [3.63, 3.8) is 0 Å². The summed E-state index contributed by atoms with van der Waals surface area (Å²) in [5.74, 6) is 0. The minimum absolute atomic E-state index is 0. The number of nitrogens with two attached hydrogens (primary N) is 1. The molecule has 0 radical (unpaired) electrons. The van der Waals surface area contributed by atoms with Gasteiger partial charge in [-0.15, -0.1) is 0 Å². The van der Waals surface area contributed by atoms with E-state index in [1.54, 1.807) is 12.4 Å². The van der Waals surface area contributed by atoms with Crippen LogP contribution in [0.3, 0.4) is 0 Å². The van der Waals surface area contributed by atoms with Crippen molar-refractivity contribution >= 4 is 5.69 Å². The molecule has 3 nitrogen and oxygen atoms in total. The number of pyridine rings is 2. The van der Waals surface area contributed by atoms with Gasteiger partial charge in [-0.2, -0.15) is 0 Å². The van der Waals surface area contributed by atoms with Gasteiger partial charge in [-0.05, 0) is 24.3 Å². The van der Waals surface area contributed by atoms with Crippen molar-refractivity contribution in [3.8, 4) is 11.4 Å². The molecule has 0 bridgehead atoms. The van der Waals surface area contributed by atoms with Gasteiger partial charge in [0, 0.05) is 29.5 Å². The maximum Gasteiger partial charge on any atom is 0.111 e. The molecule has 2 aromatic heterocycles. The van der Waals surface area contributed by atoms with Crippen molar-refractivity contribution in [2.45, 2.75) is 0 Å². The Morgan fingerprint density at radius 1 is 0.929 bits per heavy atom. The number of hydrogen-bond donors (Lipinski definition) is 1. The van der Waals surface area contributed by atoms with Crippen LogP contribution >= 0.6 is 0 Å². The van der Waals surface area contributed by atoms with E-state index in [0.717, 1.165) is 11.4 Å². The molecule has 0 fully saturated rings. The van der Waals surface area contributed by atoms with E-state index in [1.165, 1.54) is 0 Å². The minimum Gasteiger partial charge on any atom is -0.397 e. The molecule has 0 amide bonds. The first-order valence-electron chi connectivity index (χ1n) is 4.00. The second kappa shape index (κ2) is 4.74. The Morgan fingerprint density at radius 2 is 1.71 bits per heavy atom. The number of anilines is 1. The largest absolute Gasteiger partial charge is 0.397 e. The van der Waals surface area contributed by atoms with Gasteiger partial charge >= 0.3 is 0 Å². The molecule has 0 spiro atoms. The monoisotopic (exact) mass is 227 g/mol. The summed E-state index contributed by atoms with van der Waals surface area (Å²) in [5.41, 5.74) is 7.95. The topological polar surface area (TPSA) is 51.8 Å². The summed E-state index contributed by atoms with van der Waals surface area (Å²) >= 11 is 0. The number of rotatable bonds is 1. The Balaban J connectivity index is 0.000000980. The summed E-state index contributed by atoms with van der Waals surface area (Å²) in [6, 6.07) is 9.29. The molecule has 0 aliphatic carbocycles. The molecule has 4 heteroatoms. The van der Waals surface area contributed by atoms with Crippen molar-refractivity contribution in [2.24, 2.45) is 0 Å². The van der Waals surface area contributed by atoms with E-state index in [4.69, 9.17) is 5.73 Å². The number of hydrogen-bond acceptors (Lipinski definition) is 3. The second-order valence-electron chi connectivity index (χ2n) is 2.66. The minimum atomic E-state index is 0. The molecule has 2 heterocycles. The molecule has 0 saturated heterocycles. The predicted octanol–water partition coefficient (Wildman–Crippen LogP) is 1.72. The quantitative estimate of drug-likeness (QED) is 0.754. The van der Waals surface area contributed by atoms with Crippen molar-refractivity contribution in [1.82, 2.24) is 9.97 Å². The Morgan fingerprint density at radius 3 is 2.36 bits per heavy atom. The fourth-order valence-corrected chi connectivity index (χ4v) is 1.13. The number of aromatic nitrogens is 2. The Labute approximate surface area is 92.9 Å². The van der Waals surface area contributed by atoms with Crippen LogP contribution in [0.5, 0.6) is 0 Å². The summed E-state index contributed by atoms with van der Waals surface area (Å²) in [4.78, 5) is 8.33. The van der Waals surface area contributed by atoms with Crippen molar-refractivity contribution in [2.75, 3.05) is 5.73 Å². The summed E-state index contributed by atoms with van der Waals surface area (Å²) in [7, 11) is 0. The van der Waals surface area contributed by atoms with E-state index in [2.05, 4.69) is 9.97 Å². The van der Waals surface area contributed by atoms with E-state index in [-0.39, 0.29) is 17.1 Å². The first-order chi connectivity index (χ1) is 6.38. The smallest absolute Gasteiger partial charge is 0.111 e. The standard InChI is InChI=1S/C10H9N3.Fe/c11-8-4-3-7-13-10(8)9-5-1-2-6-12-9;/h1-7H,11H2;. The van der Waals surface area contributed by atoms with Crippen molar-refractivity contribution in [1.29, 1.82) is 0 Å². The van der Waals surface area contributed by atoms with Crippen LogP contribution in [0.1, 0.15) is 0 Å². The average molecular weight is 227 g/mol. The van der Waals surface area contributed by atoms with Gasteiger partial charge in [0.05, 0.1) is 11.4 Å². The van der Waals surface area contributed by atoms with Gasteiger partial charge in [0.15, 0.2) is 0 Å². The number of nitrogen functional groups attached to an aromatic ring is 1. The summed E-state index contributed by atoms with van der Waals surface area (Å²) in [6.45, 7) is 0. The zero-order valence-corrected chi connectivity index (χ0v) is 8.47. The molecule has 2 aromatic rings. The van der Waals surface area contributed by atoms with E-state index < -0.39 is 0 Å². The van der Waals surface area contributed by atoms with Gasteiger partial charge in [-0.1, -0.05) is 6.07 Å². The molecule has 72 valence electrons. The first kappa shape index (κ1) is 10.7. The Kier molecular flexibility index (Phi) is 3.63. The van der Waals surface area contributed by atoms with Crippen LogP contribution in [0, 0.1) is 0 Å². The summed E-state index contributed by atoms with van der Waals surface area (Å²) in [6.07, 6.45) is 3.43. The molecule has 2 rings (SSSR count). The zero-order valence-electron chi connectivity index (χ0n) is 7.37. The molecular formula is C10H9FeN3. The molecule has 0 atom stereocenters. The normalized spacial score (nSPS) is 9.14. The Hall–Kier alpha value is -1.38. The van der Waals surface area contributed by atoms with Gasteiger partial charge in [-0.3, -0.25) is 9.97 Å². The van der Waals surface area contributed by atoms with E-state index in [1.807, 2.05) is 30.3 Å². The van der Waals surface area contributed by atoms with Crippen LogP contribution in [-0.2, 0) is 17.1 Å². The summed E-state index contributed by atoms with van der Waals surface area (Å²) < 4.78 is 0. The van der Waals surface area contributed by atoms with Gasteiger partial charge in [-0.25, -0.2) is 0 Å². The molecule has 0 aliphatic rings. The van der Waals surface area contributed by atoms with Crippen LogP contribution in [0.25, 0.3) is 11.4 Å². The fourth-order valence-electron chi connectivity index (χ4n) is 1.13. The van der Waals surface area contributed by atoms with Crippen LogP contribution in [0.4, 0.5) is 5.69 Å². The first-order valence-corrected chi connectivity index (χ1v) is 4.00.